The summed E-state index contributed by atoms with van der Waals surface area (Å²) in [5.74, 6) is 0.471. The predicted molar refractivity (Wildman–Crippen MR) is 83.0 cm³/mol. The average molecular weight is 337 g/mol. The van der Waals surface area contributed by atoms with E-state index in [4.69, 9.17) is 5.73 Å². The molecule has 2 atom stereocenters. The van der Waals surface area contributed by atoms with Crippen molar-refractivity contribution >= 4 is 21.8 Å². The van der Waals surface area contributed by atoms with Crippen LogP contribution in [0.1, 0.15) is 37.7 Å². The van der Waals surface area contributed by atoms with Crippen molar-refractivity contribution in [2.24, 2.45) is 11.7 Å². The zero-order valence-electron chi connectivity index (χ0n) is 11.6. The van der Waals surface area contributed by atoms with Crippen molar-refractivity contribution in [2.45, 2.75) is 50.7 Å². The molecule has 2 aliphatic rings. The molecule has 20 heavy (non-hydrogen) atoms. The quantitative estimate of drug-likeness (QED) is 0.918. The minimum Gasteiger partial charge on any atom is -0.335 e. The Hall–Kier alpha value is -0.870. The summed E-state index contributed by atoms with van der Waals surface area (Å²) in [6.45, 7) is 0.731. The van der Waals surface area contributed by atoms with E-state index < -0.39 is 0 Å². The molecule has 0 heterocycles. The number of nitrogens with two attached hydrogens (primary N) is 1. The van der Waals surface area contributed by atoms with Crippen molar-refractivity contribution in [1.82, 2.24) is 4.90 Å². The van der Waals surface area contributed by atoms with Gasteiger partial charge in [-0.15, -0.1) is 0 Å². The molecule has 0 saturated heterocycles. The van der Waals surface area contributed by atoms with Gasteiger partial charge in [0.05, 0.1) is 0 Å². The molecule has 1 aromatic carbocycles. The van der Waals surface area contributed by atoms with Crippen molar-refractivity contribution in [2.75, 3.05) is 0 Å². The molecular formula is C16H21BrN2O. The highest BCUT2D eigenvalue weighted by atomic mass is 79.9. The molecular weight excluding hydrogens is 316 g/mol. The number of carbonyl (C=O) groups is 1. The van der Waals surface area contributed by atoms with Gasteiger partial charge in [-0.3, -0.25) is 4.79 Å². The van der Waals surface area contributed by atoms with E-state index in [1.165, 1.54) is 5.56 Å². The van der Waals surface area contributed by atoms with Crippen LogP contribution in [-0.2, 0) is 11.3 Å². The number of halogens is 1. The molecule has 1 amide bonds. The van der Waals surface area contributed by atoms with Gasteiger partial charge in [-0.05, 0) is 49.8 Å². The molecule has 3 nitrogen and oxygen atoms in total. The summed E-state index contributed by atoms with van der Waals surface area (Å²) in [5, 5.41) is 0. The van der Waals surface area contributed by atoms with Crippen molar-refractivity contribution in [3.63, 3.8) is 0 Å². The fourth-order valence-corrected chi connectivity index (χ4v) is 3.53. The Kier molecular flexibility index (Phi) is 4.13. The van der Waals surface area contributed by atoms with Gasteiger partial charge >= 0.3 is 0 Å². The van der Waals surface area contributed by atoms with Crippen LogP contribution in [0.3, 0.4) is 0 Å². The molecule has 3 rings (SSSR count). The summed E-state index contributed by atoms with van der Waals surface area (Å²) in [6, 6.07) is 8.91. The fraction of sp³-hybridized carbons (Fsp3) is 0.562. The number of nitrogens with zero attached hydrogens (tertiary/aromatic N) is 1. The molecule has 0 bridgehead atoms. The fourth-order valence-electron chi connectivity index (χ4n) is 3.08. The first kappa shape index (κ1) is 14.1. The zero-order valence-corrected chi connectivity index (χ0v) is 13.2. The number of hydrogen-bond acceptors (Lipinski definition) is 2. The van der Waals surface area contributed by atoms with Gasteiger partial charge < -0.3 is 10.6 Å². The highest BCUT2D eigenvalue weighted by molar-refractivity contribution is 9.10. The van der Waals surface area contributed by atoms with Gasteiger partial charge in [0.2, 0.25) is 5.91 Å². The SMILES string of the molecule is N[C@@H]1CC[C@@H](C(=O)N(Cc2cccc(Br)c2)C2CC2)C1. The summed E-state index contributed by atoms with van der Waals surface area (Å²) in [6.07, 6.45) is 5.12. The Labute approximate surface area is 128 Å². The lowest BCUT2D eigenvalue weighted by Gasteiger charge is -2.26. The maximum atomic E-state index is 12.7. The molecule has 2 N–H and O–H groups in total. The normalized spacial score (nSPS) is 25.7. The molecule has 2 saturated carbocycles. The van der Waals surface area contributed by atoms with E-state index in [-0.39, 0.29) is 12.0 Å². The zero-order chi connectivity index (χ0) is 14.1. The Morgan fingerprint density at radius 2 is 2.10 bits per heavy atom. The van der Waals surface area contributed by atoms with Crippen molar-refractivity contribution in [3.05, 3.63) is 34.3 Å². The molecule has 1 aromatic rings. The second-order valence-electron chi connectivity index (χ2n) is 6.10. The number of hydrogen-bond donors (Lipinski definition) is 1. The van der Waals surface area contributed by atoms with Crippen LogP contribution in [0.5, 0.6) is 0 Å². The van der Waals surface area contributed by atoms with Crippen LogP contribution < -0.4 is 5.73 Å². The van der Waals surface area contributed by atoms with E-state index >= 15 is 0 Å². The van der Waals surface area contributed by atoms with E-state index in [0.717, 1.165) is 43.1 Å². The largest absolute Gasteiger partial charge is 0.335 e. The topological polar surface area (TPSA) is 46.3 Å². The third-order valence-corrected chi connectivity index (χ3v) is 4.83. The standard InChI is InChI=1S/C16H21BrN2O/c17-13-3-1-2-11(8-13)10-19(15-6-7-15)16(20)12-4-5-14(18)9-12/h1-3,8,12,14-15H,4-7,9-10,18H2/t12-,14-/m1/s1. The van der Waals surface area contributed by atoms with Crippen LogP contribution in [-0.4, -0.2) is 22.9 Å². The predicted octanol–water partition coefficient (Wildman–Crippen LogP) is 3.07. The van der Waals surface area contributed by atoms with Crippen LogP contribution in [0.15, 0.2) is 28.7 Å². The van der Waals surface area contributed by atoms with E-state index in [0.29, 0.717) is 11.9 Å². The smallest absolute Gasteiger partial charge is 0.226 e. The second-order valence-corrected chi connectivity index (χ2v) is 7.01. The highest BCUT2D eigenvalue weighted by Gasteiger charge is 2.38. The number of carbonyl (C=O) groups excluding carboxylic acids is 1. The average Bonchev–Trinajstić information content (AvgIpc) is 3.17. The molecule has 0 unspecified atom stereocenters. The van der Waals surface area contributed by atoms with Gasteiger partial charge in [-0.2, -0.15) is 0 Å². The minimum absolute atomic E-state index is 0.151. The maximum Gasteiger partial charge on any atom is 0.226 e. The molecule has 0 aromatic heterocycles. The first-order valence-electron chi connectivity index (χ1n) is 7.44. The molecule has 0 radical (unpaired) electrons. The third kappa shape index (κ3) is 3.23. The Morgan fingerprint density at radius 1 is 1.30 bits per heavy atom. The molecule has 0 spiro atoms. The van der Waals surface area contributed by atoms with E-state index in [9.17, 15) is 4.79 Å². The van der Waals surface area contributed by atoms with Gasteiger partial charge in [-0.25, -0.2) is 0 Å². The molecule has 2 fully saturated rings. The van der Waals surface area contributed by atoms with Gasteiger partial charge in [0, 0.05) is 29.0 Å². The monoisotopic (exact) mass is 336 g/mol. The Morgan fingerprint density at radius 3 is 2.70 bits per heavy atom. The first-order valence-corrected chi connectivity index (χ1v) is 8.23. The second kappa shape index (κ2) is 5.86. The number of amides is 1. The van der Waals surface area contributed by atoms with Crippen LogP contribution in [0, 0.1) is 5.92 Å². The van der Waals surface area contributed by atoms with E-state index in [1.807, 2.05) is 12.1 Å². The van der Waals surface area contributed by atoms with Gasteiger partial charge in [0.25, 0.3) is 0 Å². The van der Waals surface area contributed by atoms with Crippen LogP contribution in [0.4, 0.5) is 0 Å². The number of rotatable bonds is 4. The van der Waals surface area contributed by atoms with E-state index in [2.05, 4.69) is 33.0 Å². The minimum atomic E-state index is 0.151. The lowest BCUT2D eigenvalue weighted by atomic mass is 10.1. The molecule has 2 aliphatic carbocycles. The van der Waals surface area contributed by atoms with Crippen LogP contribution in [0.2, 0.25) is 0 Å². The summed E-state index contributed by atoms with van der Waals surface area (Å²) < 4.78 is 1.07. The third-order valence-electron chi connectivity index (χ3n) is 4.34. The Bertz CT molecular complexity index is 501. The van der Waals surface area contributed by atoms with Crippen LogP contribution >= 0.6 is 15.9 Å². The summed E-state index contributed by atoms with van der Waals surface area (Å²) in [5.41, 5.74) is 7.15. The van der Waals surface area contributed by atoms with E-state index in [1.54, 1.807) is 0 Å². The number of benzene rings is 1. The van der Waals surface area contributed by atoms with Crippen LogP contribution in [0.25, 0.3) is 0 Å². The molecule has 108 valence electrons. The summed E-state index contributed by atoms with van der Waals surface area (Å²) in [4.78, 5) is 14.8. The lowest BCUT2D eigenvalue weighted by molar-refractivity contribution is -0.136. The van der Waals surface area contributed by atoms with Crippen molar-refractivity contribution in [1.29, 1.82) is 0 Å². The first-order chi connectivity index (χ1) is 9.63. The lowest BCUT2D eigenvalue weighted by Crippen LogP contribution is -2.37. The molecule has 0 aliphatic heterocycles. The van der Waals surface area contributed by atoms with Gasteiger partial charge in [0.15, 0.2) is 0 Å². The van der Waals surface area contributed by atoms with Gasteiger partial charge in [0.1, 0.15) is 0 Å². The van der Waals surface area contributed by atoms with Crippen molar-refractivity contribution in [3.8, 4) is 0 Å². The Balaban J connectivity index is 1.71. The summed E-state index contributed by atoms with van der Waals surface area (Å²) >= 11 is 3.50. The maximum absolute atomic E-state index is 12.7. The summed E-state index contributed by atoms with van der Waals surface area (Å²) in [7, 11) is 0. The van der Waals surface area contributed by atoms with Gasteiger partial charge in [-0.1, -0.05) is 28.1 Å². The highest BCUT2D eigenvalue weighted by Crippen LogP contribution is 2.33. The molecule has 4 heteroatoms. The van der Waals surface area contributed by atoms with Crippen molar-refractivity contribution < 1.29 is 4.79 Å².